The van der Waals surface area contributed by atoms with Gasteiger partial charge in [0.15, 0.2) is 0 Å². The summed E-state index contributed by atoms with van der Waals surface area (Å²) in [4.78, 5) is 40.8. The van der Waals surface area contributed by atoms with Crippen molar-refractivity contribution in [1.82, 2.24) is 4.90 Å². The van der Waals surface area contributed by atoms with Crippen LogP contribution in [0.2, 0.25) is 0 Å². The number of benzene rings is 1. The van der Waals surface area contributed by atoms with Crippen LogP contribution >= 0.6 is 11.6 Å². The van der Waals surface area contributed by atoms with E-state index in [0.29, 0.717) is 11.4 Å². The highest BCUT2D eigenvalue weighted by Gasteiger charge is 2.46. The molecule has 1 aliphatic heterocycles. The Morgan fingerprint density at radius 2 is 1.85 bits per heavy atom. The second-order valence-electron chi connectivity index (χ2n) is 6.71. The average molecular weight is 379 g/mol. The number of amides is 3. The van der Waals surface area contributed by atoms with Gasteiger partial charge in [0.1, 0.15) is 17.7 Å². The SMILES string of the molecule is COc1ccc(N2C(=O)C[C@H](N(C(=O)CCl)C3CCCCC3)C2=O)cc1. The van der Waals surface area contributed by atoms with E-state index in [2.05, 4.69) is 0 Å². The molecule has 0 N–H and O–H groups in total. The van der Waals surface area contributed by atoms with Gasteiger partial charge >= 0.3 is 0 Å². The van der Waals surface area contributed by atoms with Crippen molar-refractivity contribution in [2.75, 3.05) is 17.9 Å². The molecule has 0 radical (unpaired) electrons. The number of anilines is 1. The van der Waals surface area contributed by atoms with Crippen LogP contribution in [0.4, 0.5) is 5.69 Å². The summed E-state index contributed by atoms with van der Waals surface area (Å²) in [6, 6.07) is 5.96. The van der Waals surface area contributed by atoms with Crippen LogP contribution in [0.25, 0.3) is 0 Å². The summed E-state index contributed by atoms with van der Waals surface area (Å²) >= 11 is 5.80. The van der Waals surface area contributed by atoms with Gasteiger partial charge < -0.3 is 9.64 Å². The number of carbonyl (C=O) groups excluding carboxylic acids is 3. The molecule has 26 heavy (non-hydrogen) atoms. The molecule has 1 heterocycles. The first kappa shape index (κ1) is 18.7. The molecule has 0 unspecified atom stereocenters. The Balaban J connectivity index is 1.85. The highest BCUT2D eigenvalue weighted by Crippen LogP contribution is 2.31. The molecule has 0 spiro atoms. The van der Waals surface area contributed by atoms with Crippen LogP contribution in [0.3, 0.4) is 0 Å². The van der Waals surface area contributed by atoms with Gasteiger partial charge in [-0.3, -0.25) is 14.4 Å². The van der Waals surface area contributed by atoms with Gasteiger partial charge in [0, 0.05) is 6.04 Å². The molecule has 2 aliphatic rings. The molecule has 0 aromatic heterocycles. The van der Waals surface area contributed by atoms with E-state index in [1.54, 1.807) is 36.3 Å². The number of imide groups is 1. The molecule has 3 amide bonds. The maximum absolute atomic E-state index is 13.0. The molecule has 140 valence electrons. The summed E-state index contributed by atoms with van der Waals surface area (Å²) in [6.45, 7) is 0. The van der Waals surface area contributed by atoms with Gasteiger partial charge in [0.2, 0.25) is 11.8 Å². The molecule has 6 nitrogen and oxygen atoms in total. The number of nitrogens with zero attached hydrogens (tertiary/aromatic N) is 2. The maximum Gasteiger partial charge on any atom is 0.257 e. The lowest BCUT2D eigenvalue weighted by atomic mass is 9.92. The number of hydrogen-bond acceptors (Lipinski definition) is 4. The number of rotatable bonds is 5. The fraction of sp³-hybridized carbons (Fsp3) is 0.526. The third-order valence-electron chi connectivity index (χ3n) is 5.16. The molecule has 1 atom stereocenters. The molecular weight excluding hydrogens is 356 g/mol. The lowest BCUT2D eigenvalue weighted by Gasteiger charge is -2.37. The van der Waals surface area contributed by atoms with Crippen LogP contribution in [0.5, 0.6) is 5.75 Å². The van der Waals surface area contributed by atoms with Gasteiger partial charge in [-0.15, -0.1) is 11.6 Å². The molecule has 7 heteroatoms. The summed E-state index contributed by atoms with van der Waals surface area (Å²) in [5.74, 6) is -0.471. The van der Waals surface area contributed by atoms with Crippen molar-refractivity contribution in [1.29, 1.82) is 0 Å². The zero-order chi connectivity index (χ0) is 18.7. The molecule has 1 aromatic rings. The lowest BCUT2D eigenvalue weighted by Crippen LogP contribution is -2.51. The van der Waals surface area contributed by atoms with E-state index in [1.165, 1.54) is 4.90 Å². The van der Waals surface area contributed by atoms with Crippen LogP contribution in [0, 0.1) is 0 Å². The summed E-state index contributed by atoms with van der Waals surface area (Å²) in [5, 5.41) is 0. The number of hydrogen-bond donors (Lipinski definition) is 0. The highest BCUT2D eigenvalue weighted by atomic mass is 35.5. The largest absolute Gasteiger partial charge is 0.497 e. The topological polar surface area (TPSA) is 66.9 Å². The van der Waals surface area contributed by atoms with E-state index < -0.39 is 6.04 Å². The monoisotopic (exact) mass is 378 g/mol. The smallest absolute Gasteiger partial charge is 0.257 e. The van der Waals surface area contributed by atoms with Crippen molar-refractivity contribution < 1.29 is 19.1 Å². The third-order valence-corrected chi connectivity index (χ3v) is 5.39. The molecule has 3 rings (SSSR count). The molecule has 1 saturated heterocycles. The van der Waals surface area contributed by atoms with E-state index >= 15 is 0 Å². The fourth-order valence-electron chi connectivity index (χ4n) is 3.90. The van der Waals surface area contributed by atoms with Gasteiger partial charge in [-0.2, -0.15) is 0 Å². The standard InChI is InChI=1S/C19H23ClN2O4/c1-26-15-9-7-14(8-10-15)22-17(23)11-16(19(22)25)21(18(24)12-20)13-5-3-2-4-6-13/h7-10,13,16H,2-6,11-12H2,1H3/t16-/m0/s1. The first-order valence-corrected chi connectivity index (χ1v) is 9.48. The fourth-order valence-corrected chi connectivity index (χ4v) is 4.03. The number of ether oxygens (including phenoxy) is 1. The summed E-state index contributed by atoms with van der Waals surface area (Å²) in [5.41, 5.74) is 0.491. The maximum atomic E-state index is 13.0. The first-order chi connectivity index (χ1) is 12.6. The zero-order valence-electron chi connectivity index (χ0n) is 14.8. The van der Waals surface area contributed by atoms with E-state index in [9.17, 15) is 14.4 Å². The average Bonchev–Trinajstić information content (AvgIpc) is 2.96. The van der Waals surface area contributed by atoms with Gasteiger partial charge in [0.05, 0.1) is 19.2 Å². The van der Waals surface area contributed by atoms with Crippen LogP contribution in [-0.2, 0) is 14.4 Å². The van der Waals surface area contributed by atoms with Crippen molar-refractivity contribution in [3.63, 3.8) is 0 Å². The van der Waals surface area contributed by atoms with Gasteiger partial charge in [0.25, 0.3) is 5.91 Å². The summed E-state index contributed by atoms with van der Waals surface area (Å²) in [6.07, 6.45) is 4.88. The third kappa shape index (κ3) is 3.56. The quantitative estimate of drug-likeness (QED) is 0.583. The molecular formula is C19H23ClN2O4. The van der Waals surface area contributed by atoms with Crippen LogP contribution in [0.15, 0.2) is 24.3 Å². The van der Waals surface area contributed by atoms with Crippen LogP contribution in [0.1, 0.15) is 38.5 Å². The van der Waals surface area contributed by atoms with Crippen molar-refractivity contribution >= 4 is 35.0 Å². The first-order valence-electron chi connectivity index (χ1n) is 8.94. The van der Waals surface area contributed by atoms with E-state index in [1.807, 2.05) is 0 Å². The Bertz CT molecular complexity index is 685. The summed E-state index contributed by atoms with van der Waals surface area (Å²) in [7, 11) is 1.55. The normalized spacial score (nSPS) is 21.2. The number of methoxy groups -OCH3 is 1. The van der Waals surface area contributed by atoms with E-state index in [-0.39, 0.29) is 36.1 Å². The van der Waals surface area contributed by atoms with E-state index in [4.69, 9.17) is 16.3 Å². The van der Waals surface area contributed by atoms with Gasteiger partial charge in [-0.1, -0.05) is 19.3 Å². The predicted molar refractivity (Wildman–Crippen MR) is 98.3 cm³/mol. The number of alkyl halides is 1. The summed E-state index contributed by atoms with van der Waals surface area (Å²) < 4.78 is 5.11. The van der Waals surface area contributed by atoms with Crippen molar-refractivity contribution in [3.05, 3.63) is 24.3 Å². The molecule has 1 aliphatic carbocycles. The second kappa shape index (κ2) is 8.08. The van der Waals surface area contributed by atoms with Crippen LogP contribution in [-0.4, -0.2) is 47.7 Å². The minimum atomic E-state index is -0.765. The Morgan fingerprint density at radius 3 is 2.42 bits per heavy atom. The minimum absolute atomic E-state index is 0.00396. The Labute approximate surface area is 158 Å². The number of halogens is 1. The zero-order valence-corrected chi connectivity index (χ0v) is 15.6. The highest BCUT2D eigenvalue weighted by molar-refractivity contribution is 6.28. The molecule has 1 aromatic carbocycles. The Hall–Kier alpha value is -2.08. The van der Waals surface area contributed by atoms with E-state index in [0.717, 1.165) is 32.1 Å². The molecule has 2 fully saturated rings. The van der Waals surface area contributed by atoms with Crippen molar-refractivity contribution in [3.8, 4) is 5.75 Å². The van der Waals surface area contributed by atoms with Gasteiger partial charge in [-0.25, -0.2) is 4.90 Å². The minimum Gasteiger partial charge on any atom is -0.497 e. The molecule has 0 bridgehead atoms. The Kier molecular flexibility index (Phi) is 5.81. The van der Waals surface area contributed by atoms with Crippen molar-refractivity contribution in [2.24, 2.45) is 0 Å². The number of carbonyl (C=O) groups is 3. The predicted octanol–water partition coefficient (Wildman–Crippen LogP) is 2.73. The Morgan fingerprint density at radius 1 is 1.19 bits per heavy atom. The van der Waals surface area contributed by atoms with Gasteiger partial charge in [-0.05, 0) is 37.1 Å². The second-order valence-corrected chi connectivity index (χ2v) is 6.98. The van der Waals surface area contributed by atoms with Crippen molar-refractivity contribution in [2.45, 2.75) is 50.6 Å². The lowest BCUT2D eigenvalue weighted by molar-refractivity contribution is -0.139. The molecule has 1 saturated carbocycles. The van der Waals surface area contributed by atoms with Crippen LogP contribution < -0.4 is 9.64 Å².